The Morgan fingerprint density at radius 1 is 0.941 bits per heavy atom. The highest BCUT2D eigenvalue weighted by Gasteiger charge is 2.29. The average Bonchev–Trinajstić information content (AvgIpc) is 3.30. The summed E-state index contributed by atoms with van der Waals surface area (Å²) in [7, 11) is 0. The standard InChI is InChI=1S/C21H38N8O5/c1-13(21(33)34)27-19(31)16(6-2-4-8-22)29-20(32)17(7-3-5-9-23)28-18(30)15(24)10-14-11-25-12-26-14/h11-13,15-17H,2-10,22-24H2,1H3,(H,25,26)(H,27,31)(H,28,30)(H,29,32)(H,33,34). The molecular weight excluding hydrogens is 444 g/mol. The first-order chi connectivity index (χ1) is 16.2. The minimum Gasteiger partial charge on any atom is -0.480 e. The van der Waals surface area contributed by atoms with Gasteiger partial charge in [0, 0.05) is 18.3 Å². The molecule has 4 unspecified atom stereocenters. The zero-order chi connectivity index (χ0) is 25.5. The summed E-state index contributed by atoms with van der Waals surface area (Å²) >= 11 is 0. The molecule has 34 heavy (non-hydrogen) atoms. The van der Waals surface area contributed by atoms with Gasteiger partial charge >= 0.3 is 5.97 Å². The third-order valence-corrected chi connectivity index (χ3v) is 5.22. The highest BCUT2D eigenvalue weighted by molar-refractivity contribution is 5.94. The molecule has 1 heterocycles. The van der Waals surface area contributed by atoms with Gasteiger partial charge in [-0.25, -0.2) is 4.98 Å². The molecule has 0 aliphatic heterocycles. The third-order valence-electron chi connectivity index (χ3n) is 5.22. The first kappa shape index (κ1) is 29.0. The Labute approximate surface area is 199 Å². The molecule has 0 aliphatic rings. The lowest BCUT2D eigenvalue weighted by atomic mass is 10.0. The van der Waals surface area contributed by atoms with E-state index in [0.717, 1.165) is 0 Å². The highest BCUT2D eigenvalue weighted by Crippen LogP contribution is 2.07. The number of nitrogens with one attached hydrogen (secondary N) is 4. The second-order valence-electron chi connectivity index (χ2n) is 8.15. The number of hydrogen-bond donors (Lipinski definition) is 8. The molecule has 192 valence electrons. The lowest BCUT2D eigenvalue weighted by Crippen LogP contribution is -2.57. The fraction of sp³-hybridized carbons (Fsp3) is 0.667. The van der Waals surface area contributed by atoms with Gasteiger partial charge in [-0.1, -0.05) is 0 Å². The quantitative estimate of drug-likeness (QED) is 0.116. The number of amides is 3. The van der Waals surface area contributed by atoms with E-state index in [2.05, 4.69) is 25.9 Å². The van der Waals surface area contributed by atoms with Gasteiger partial charge in [0.2, 0.25) is 17.7 Å². The molecule has 13 heteroatoms. The topological polar surface area (TPSA) is 231 Å². The number of imidazole rings is 1. The molecule has 0 spiro atoms. The van der Waals surface area contributed by atoms with Crippen LogP contribution < -0.4 is 33.2 Å². The Kier molecular flexibility index (Phi) is 13.4. The van der Waals surface area contributed by atoms with Crippen LogP contribution in [-0.2, 0) is 25.6 Å². The highest BCUT2D eigenvalue weighted by atomic mass is 16.4. The SMILES string of the molecule is CC(NC(=O)C(CCCCN)NC(=O)C(CCCCN)NC(=O)C(N)Cc1cnc[nH]1)C(=O)O. The van der Waals surface area contributed by atoms with Gasteiger partial charge < -0.3 is 43.2 Å². The molecule has 0 fully saturated rings. The van der Waals surface area contributed by atoms with E-state index in [-0.39, 0.29) is 12.8 Å². The summed E-state index contributed by atoms with van der Waals surface area (Å²) in [5.74, 6) is -2.90. The molecule has 0 saturated carbocycles. The lowest BCUT2D eigenvalue weighted by molar-refractivity contribution is -0.141. The number of aromatic nitrogens is 2. The van der Waals surface area contributed by atoms with Crippen molar-refractivity contribution in [1.29, 1.82) is 0 Å². The van der Waals surface area contributed by atoms with Crippen molar-refractivity contribution in [1.82, 2.24) is 25.9 Å². The molecule has 4 atom stereocenters. The number of carbonyl (C=O) groups is 4. The van der Waals surface area contributed by atoms with Crippen LogP contribution >= 0.6 is 0 Å². The summed E-state index contributed by atoms with van der Waals surface area (Å²) in [5, 5.41) is 16.7. The average molecular weight is 483 g/mol. The van der Waals surface area contributed by atoms with Crippen molar-refractivity contribution in [2.45, 2.75) is 76.0 Å². The normalized spacial score (nSPS) is 14.5. The molecule has 11 N–H and O–H groups in total. The molecule has 0 bridgehead atoms. The smallest absolute Gasteiger partial charge is 0.325 e. The predicted octanol–water partition coefficient (Wildman–Crippen LogP) is -1.90. The fourth-order valence-electron chi connectivity index (χ4n) is 3.18. The number of aliphatic carboxylic acids is 1. The number of hydrogen-bond acceptors (Lipinski definition) is 8. The molecule has 0 saturated heterocycles. The Morgan fingerprint density at radius 2 is 1.47 bits per heavy atom. The summed E-state index contributed by atoms with van der Waals surface area (Å²) in [4.78, 5) is 56.2. The summed E-state index contributed by atoms with van der Waals surface area (Å²) in [6.45, 7) is 2.18. The zero-order valence-electron chi connectivity index (χ0n) is 19.6. The molecule has 0 aromatic carbocycles. The van der Waals surface area contributed by atoms with Crippen LogP contribution in [0.1, 0.15) is 51.1 Å². The monoisotopic (exact) mass is 482 g/mol. The first-order valence-electron chi connectivity index (χ1n) is 11.5. The number of aromatic amines is 1. The Morgan fingerprint density at radius 3 is 1.94 bits per heavy atom. The molecule has 0 radical (unpaired) electrons. The Balaban J connectivity index is 2.87. The van der Waals surface area contributed by atoms with E-state index in [0.29, 0.717) is 50.9 Å². The maximum absolute atomic E-state index is 13.0. The van der Waals surface area contributed by atoms with Crippen LogP contribution in [0.25, 0.3) is 0 Å². The van der Waals surface area contributed by atoms with E-state index < -0.39 is 47.9 Å². The van der Waals surface area contributed by atoms with Gasteiger partial charge in [-0.3, -0.25) is 19.2 Å². The first-order valence-corrected chi connectivity index (χ1v) is 11.5. The van der Waals surface area contributed by atoms with Crippen molar-refractivity contribution >= 4 is 23.7 Å². The summed E-state index contributed by atoms with van der Waals surface area (Å²) < 4.78 is 0. The summed E-state index contributed by atoms with van der Waals surface area (Å²) in [6, 6.07) is -3.95. The number of carbonyl (C=O) groups excluding carboxylic acids is 3. The molecule has 0 aliphatic carbocycles. The van der Waals surface area contributed by atoms with E-state index >= 15 is 0 Å². The van der Waals surface area contributed by atoms with Crippen molar-refractivity contribution < 1.29 is 24.3 Å². The maximum Gasteiger partial charge on any atom is 0.325 e. The molecular formula is C21H38N8O5. The third kappa shape index (κ3) is 10.7. The Hall–Kier alpha value is -3.03. The van der Waals surface area contributed by atoms with Gasteiger partial charge in [0.1, 0.15) is 18.1 Å². The number of carboxylic acid groups (broad SMARTS) is 1. The fourth-order valence-corrected chi connectivity index (χ4v) is 3.18. The van der Waals surface area contributed by atoms with Crippen LogP contribution in [0.15, 0.2) is 12.5 Å². The van der Waals surface area contributed by atoms with E-state index in [1.54, 1.807) is 6.20 Å². The molecule has 1 aromatic rings. The van der Waals surface area contributed by atoms with Crippen LogP contribution in [0.5, 0.6) is 0 Å². The van der Waals surface area contributed by atoms with Gasteiger partial charge in [0.15, 0.2) is 0 Å². The van der Waals surface area contributed by atoms with Crippen molar-refractivity contribution in [3.8, 4) is 0 Å². The van der Waals surface area contributed by atoms with Gasteiger partial charge in [-0.05, 0) is 58.5 Å². The largest absolute Gasteiger partial charge is 0.480 e. The van der Waals surface area contributed by atoms with Crippen LogP contribution in [0, 0.1) is 0 Å². The minimum atomic E-state index is -1.20. The van der Waals surface area contributed by atoms with Crippen LogP contribution in [0.3, 0.4) is 0 Å². The zero-order valence-corrected chi connectivity index (χ0v) is 19.6. The van der Waals surface area contributed by atoms with E-state index in [9.17, 15) is 19.2 Å². The van der Waals surface area contributed by atoms with E-state index in [1.807, 2.05) is 0 Å². The molecule has 1 aromatic heterocycles. The van der Waals surface area contributed by atoms with Crippen molar-refractivity contribution in [2.24, 2.45) is 17.2 Å². The number of nitrogens with two attached hydrogens (primary N) is 3. The number of unbranched alkanes of at least 4 members (excludes halogenated alkanes) is 2. The Bertz CT molecular complexity index is 773. The second kappa shape index (κ2) is 15.7. The van der Waals surface area contributed by atoms with Crippen molar-refractivity contribution in [3.05, 3.63) is 18.2 Å². The summed E-state index contributed by atoms with van der Waals surface area (Å²) in [5.41, 5.74) is 17.7. The number of carboxylic acids is 1. The number of nitrogens with zero attached hydrogens (tertiary/aromatic N) is 1. The van der Waals surface area contributed by atoms with Crippen LogP contribution in [0.4, 0.5) is 0 Å². The van der Waals surface area contributed by atoms with Crippen molar-refractivity contribution in [3.63, 3.8) is 0 Å². The van der Waals surface area contributed by atoms with Gasteiger partial charge in [-0.2, -0.15) is 0 Å². The van der Waals surface area contributed by atoms with E-state index in [1.165, 1.54) is 13.3 Å². The van der Waals surface area contributed by atoms with E-state index in [4.69, 9.17) is 22.3 Å². The minimum absolute atomic E-state index is 0.209. The second-order valence-corrected chi connectivity index (χ2v) is 8.15. The maximum atomic E-state index is 13.0. The van der Waals surface area contributed by atoms with Crippen molar-refractivity contribution in [2.75, 3.05) is 13.1 Å². The molecule has 3 amide bonds. The van der Waals surface area contributed by atoms with Gasteiger partial charge in [0.25, 0.3) is 0 Å². The number of H-pyrrole nitrogens is 1. The van der Waals surface area contributed by atoms with Gasteiger partial charge in [-0.15, -0.1) is 0 Å². The predicted molar refractivity (Wildman–Crippen MR) is 125 cm³/mol. The summed E-state index contributed by atoms with van der Waals surface area (Å²) in [6.07, 6.45) is 6.22. The molecule has 13 nitrogen and oxygen atoms in total. The molecule has 1 rings (SSSR count). The lowest BCUT2D eigenvalue weighted by Gasteiger charge is -2.25. The van der Waals surface area contributed by atoms with Crippen LogP contribution in [-0.4, -0.2) is 76.0 Å². The number of rotatable bonds is 17. The van der Waals surface area contributed by atoms with Crippen LogP contribution in [0.2, 0.25) is 0 Å². The van der Waals surface area contributed by atoms with Gasteiger partial charge in [0.05, 0.1) is 12.4 Å².